The summed E-state index contributed by atoms with van der Waals surface area (Å²) in [4.78, 5) is 26.9. The maximum Gasteiger partial charge on any atom is 0.330 e. The average molecular weight is 285 g/mol. The van der Waals surface area contributed by atoms with Gasteiger partial charge in [-0.05, 0) is 5.53 Å². The first-order valence-corrected chi connectivity index (χ1v) is 5.48. The maximum atomic E-state index is 11.6. The van der Waals surface area contributed by atoms with Crippen LogP contribution in [0.15, 0.2) is 27.0 Å². The van der Waals surface area contributed by atoms with E-state index >= 15 is 0 Å². The average Bonchev–Trinajstić information content (AvgIpc) is 2.65. The number of hydrogen-bond acceptors (Lipinski definition) is 7. The Morgan fingerprint density at radius 1 is 1.55 bits per heavy atom. The van der Waals surface area contributed by atoms with Crippen molar-refractivity contribution in [1.29, 1.82) is 0 Å². The summed E-state index contributed by atoms with van der Waals surface area (Å²) in [5, 5.41) is 32.1. The standard InChI is InChI=1S/C9H11N5O6/c10-13-12-9(3-15)6(18)5(17)7(20-9)14-2-1-4(16)11-8(14)19/h1-2,5-7,15,17-18H,3H2,(H,11,16,19)/t5?,6-,7-,9-/m1/s1. The molecule has 0 saturated carbocycles. The fourth-order valence-corrected chi connectivity index (χ4v) is 1.94. The van der Waals surface area contributed by atoms with Crippen molar-refractivity contribution in [2.24, 2.45) is 5.11 Å². The normalized spacial score (nSPS) is 32.9. The van der Waals surface area contributed by atoms with E-state index in [0.717, 1.165) is 16.8 Å². The Morgan fingerprint density at radius 3 is 2.80 bits per heavy atom. The Morgan fingerprint density at radius 2 is 2.25 bits per heavy atom. The van der Waals surface area contributed by atoms with Crippen molar-refractivity contribution in [3.05, 3.63) is 43.5 Å². The number of rotatable bonds is 3. The first-order valence-electron chi connectivity index (χ1n) is 5.48. The number of nitrogens with one attached hydrogen (secondary N) is 1. The second-order valence-corrected chi connectivity index (χ2v) is 4.15. The quantitative estimate of drug-likeness (QED) is 0.278. The topological polar surface area (TPSA) is 174 Å². The van der Waals surface area contributed by atoms with Crippen LogP contribution in [0.25, 0.3) is 10.4 Å². The molecule has 20 heavy (non-hydrogen) atoms. The molecule has 108 valence electrons. The van der Waals surface area contributed by atoms with Crippen molar-refractivity contribution in [2.75, 3.05) is 6.61 Å². The van der Waals surface area contributed by atoms with E-state index in [1.807, 2.05) is 4.98 Å². The second kappa shape index (κ2) is 5.07. The van der Waals surface area contributed by atoms with Crippen molar-refractivity contribution in [3.63, 3.8) is 0 Å². The highest BCUT2D eigenvalue weighted by molar-refractivity contribution is 5.00. The molecule has 2 rings (SSSR count). The SMILES string of the molecule is [N-]=[N+]=N[C@]1(CO)O[C@@H](n2ccc(=O)[nH]c2=O)C(O)[C@H]1O. The predicted octanol–water partition coefficient (Wildman–Crippen LogP) is -2.21. The Labute approximate surface area is 110 Å². The highest BCUT2D eigenvalue weighted by Gasteiger charge is 2.54. The lowest BCUT2D eigenvalue weighted by molar-refractivity contribution is -0.125. The summed E-state index contributed by atoms with van der Waals surface area (Å²) >= 11 is 0. The van der Waals surface area contributed by atoms with Gasteiger partial charge in [0, 0.05) is 17.2 Å². The monoisotopic (exact) mass is 285 g/mol. The minimum atomic E-state index is -2.10. The number of aromatic nitrogens is 2. The molecule has 4 N–H and O–H groups in total. The van der Waals surface area contributed by atoms with E-state index in [-0.39, 0.29) is 0 Å². The van der Waals surface area contributed by atoms with Crippen molar-refractivity contribution < 1.29 is 20.1 Å². The third kappa shape index (κ3) is 2.09. The smallest absolute Gasteiger partial charge is 0.330 e. The van der Waals surface area contributed by atoms with Crippen molar-refractivity contribution in [3.8, 4) is 0 Å². The van der Waals surface area contributed by atoms with Crippen LogP contribution in [0.4, 0.5) is 0 Å². The number of aliphatic hydroxyl groups is 3. The maximum absolute atomic E-state index is 11.6. The first-order chi connectivity index (χ1) is 9.45. The van der Waals surface area contributed by atoms with Crippen LogP contribution in [-0.4, -0.2) is 49.4 Å². The molecule has 4 atom stereocenters. The third-order valence-electron chi connectivity index (χ3n) is 2.97. The molecule has 0 spiro atoms. The van der Waals surface area contributed by atoms with Gasteiger partial charge in [-0.15, -0.1) is 0 Å². The zero-order chi connectivity index (χ0) is 14.9. The summed E-state index contributed by atoms with van der Waals surface area (Å²) in [5.74, 6) is 0. The largest absolute Gasteiger partial charge is 0.393 e. The van der Waals surface area contributed by atoms with E-state index < -0.39 is 42.0 Å². The summed E-state index contributed by atoms with van der Waals surface area (Å²) in [6.07, 6.45) is -3.76. The number of aromatic amines is 1. The van der Waals surface area contributed by atoms with Crippen molar-refractivity contribution >= 4 is 0 Å². The summed E-state index contributed by atoms with van der Waals surface area (Å²) < 4.78 is 5.95. The lowest BCUT2D eigenvalue weighted by atomic mass is 10.1. The number of H-pyrrole nitrogens is 1. The molecule has 0 aliphatic carbocycles. The number of aliphatic hydroxyl groups excluding tert-OH is 3. The van der Waals surface area contributed by atoms with Crippen LogP contribution in [0, 0.1) is 0 Å². The van der Waals surface area contributed by atoms with Gasteiger partial charge in [0.25, 0.3) is 5.56 Å². The van der Waals surface area contributed by atoms with E-state index in [1.54, 1.807) is 0 Å². The van der Waals surface area contributed by atoms with E-state index in [2.05, 4.69) is 10.0 Å². The van der Waals surface area contributed by atoms with E-state index in [9.17, 15) is 24.9 Å². The summed E-state index contributed by atoms with van der Waals surface area (Å²) in [6.45, 7) is -0.899. The zero-order valence-corrected chi connectivity index (χ0v) is 9.95. The van der Waals surface area contributed by atoms with E-state index in [1.165, 1.54) is 0 Å². The third-order valence-corrected chi connectivity index (χ3v) is 2.97. The van der Waals surface area contributed by atoms with Gasteiger partial charge in [0.05, 0.1) is 6.61 Å². The van der Waals surface area contributed by atoms with Gasteiger partial charge < -0.3 is 20.1 Å². The van der Waals surface area contributed by atoms with E-state index in [0.29, 0.717) is 0 Å². The highest BCUT2D eigenvalue weighted by Crippen LogP contribution is 2.37. The van der Waals surface area contributed by atoms with Gasteiger partial charge in [-0.2, -0.15) is 0 Å². The molecule has 0 bridgehead atoms. The van der Waals surface area contributed by atoms with Gasteiger partial charge in [-0.3, -0.25) is 14.3 Å². The lowest BCUT2D eigenvalue weighted by Crippen LogP contribution is -2.44. The fourth-order valence-electron chi connectivity index (χ4n) is 1.94. The fraction of sp³-hybridized carbons (Fsp3) is 0.556. The molecule has 1 saturated heterocycles. The number of nitrogens with zero attached hydrogens (tertiary/aromatic N) is 4. The molecule has 1 aromatic heterocycles. The molecule has 2 heterocycles. The Kier molecular flexibility index (Phi) is 3.61. The molecule has 1 aliphatic heterocycles. The molecule has 1 aliphatic rings. The Balaban J connectivity index is 2.47. The van der Waals surface area contributed by atoms with Crippen molar-refractivity contribution in [2.45, 2.75) is 24.2 Å². The van der Waals surface area contributed by atoms with Gasteiger partial charge in [0.15, 0.2) is 6.23 Å². The minimum absolute atomic E-state index is 0.650. The van der Waals surface area contributed by atoms with Crippen LogP contribution < -0.4 is 11.2 Å². The number of azide groups is 1. The minimum Gasteiger partial charge on any atom is -0.393 e. The molecule has 1 unspecified atom stereocenters. The van der Waals surface area contributed by atoms with Gasteiger partial charge in [-0.25, -0.2) is 4.79 Å². The predicted molar refractivity (Wildman–Crippen MR) is 62.4 cm³/mol. The molecule has 1 aromatic rings. The van der Waals surface area contributed by atoms with Crippen LogP contribution in [0.1, 0.15) is 6.23 Å². The number of ether oxygens (including phenoxy) is 1. The zero-order valence-electron chi connectivity index (χ0n) is 9.95. The molecular weight excluding hydrogens is 274 g/mol. The lowest BCUT2D eigenvalue weighted by Gasteiger charge is -2.23. The molecule has 11 heteroatoms. The van der Waals surface area contributed by atoms with Crippen LogP contribution in [0.2, 0.25) is 0 Å². The summed E-state index contributed by atoms with van der Waals surface area (Å²) in [7, 11) is 0. The molecule has 0 amide bonds. The molecule has 0 aromatic carbocycles. The van der Waals surface area contributed by atoms with Crippen LogP contribution in [0.5, 0.6) is 0 Å². The van der Waals surface area contributed by atoms with Crippen LogP contribution in [0.3, 0.4) is 0 Å². The molecule has 11 nitrogen and oxygen atoms in total. The van der Waals surface area contributed by atoms with Gasteiger partial charge in [-0.1, -0.05) is 5.11 Å². The van der Waals surface area contributed by atoms with Gasteiger partial charge >= 0.3 is 5.69 Å². The Bertz CT molecular complexity index is 663. The second-order valence-electron chi connectivity index (χ2n) is 4.15. The van der Waals surface area contributed by atoms with E-state index in [4.69, 9.17) is 10.3 Å². The molecule has 0 radical (unpaired) electrons. The first kappa shape index (κ1) is 14.2. The van der Waals surface area contributed by atoms with Crippen molar-refractivity contribution in [1.82, 2.24) is 9.55 Å². The van der Waals surface area contributed by atoms with Gasteiger partial charge in [0.2, 0.25) is 5.72 Å². The Hall–Kier alpha value is -2.17. The van der Waals surface area contributed by atoms with Crippen LogP contribution in [-0.2, 0) is 4.74 Å². The molecular formula is C9H11N5O6. The number of hydrogen-bond donors (Lipinski definition) is 4. The van der Waals surface area contributed by atoms with Gasteiger partial charge in [0.1, 0.15) is 12.2 Å². The highest BCUT2D eigenvalue weighted by atomic mass is 16.6. The van der Waals surface area contributed by atoms with Crippen LogP contribution >= 0.6 is 0 Å². The summed E-state index contributed by atoms with van der Waals surface area (Å²) in [5.41, 5.74) is 4.79. The molecule has 1 fully saturated rings. The summed E-state index contributed by atoms with van der Waals surface area (Å²) in [6, 6.07) is 1.01.